The average molecular weight is 169 g/mol. The third kappa shape index (κ3) is 2.29. The molecule has 1 heterocycles. The van der Waals surface area contributed by atoms with E-state index in [9.17, 15) is 4.91 Å². The Kier molecular flexibility index (Phi) is 3.19. The standard InChI is InChI=1S/C8H15N3O/c1-7(9)11-4-2-3-8(6-11)5-10-12/h8-9H,2-6H2,1H3. The summed E-state index contributed by atoms with van der Waals surface area (Å²) in [7, 11) is 0. The summed E-state index contributed by atoms with van der Waals surface area (Å²) >= 11 is 0. The van der Waals surface area contributed by atoms with Gasteiger partial charge in [-0.15, -0.1) is 0 Å². The highest BCUT2D eigenvalue weighted by molar-refractivity contribution is 5.76. The van der Waals surface area contributed by atoms with E-state index in [1.165, 1.54) is 0 Å². The zero-order chi connectivity index (χ0) is 8.97. The lowest BCUT2D eigenvalue weighted by molar-refractivity contribution is 0.261. The SMILES string of the molecule is CC(=N)N1CCCC(CN=O)C1. The van der Waals surface area contributed by atoms with Crippen LogP contribution >= 0.6 is 0 Å². The van der Waals surface area contributed by atoms with Crippen molar-refractivity contribution in [2.24, 2.45) is 11.1 Å². The second-order valence-electron chi connectivity index (χ2n) is 3.35. The first-order valence-corrected chi connectivity index (χ1v) is 4.33. The molecule has 0 saturated carbocycles. The van der Waals surface area contributed by atoms with Gasteiger partial charge in [0.15, 0.2) is 0 Å². The fourth-order valence-corrected chi connectivity index (χ4v) is 1.62. The minimum absolute atomic E-state index is 0.372. The number of rotatable bonds is 2. The number of amidine groups is 1. The van der Waals surface area contributed by atoms with Gasteiger partial charge in [0.2, 0.25) is 0 Å². The van der Waals surface area contributed by atoms with Gasteiger partial charge < -0.3 is 4.90 Å². The molecule has 68 valence electrons. The van der Waals surface area contributed by atoms with Crippen LogP contribution in [-0.2, 0) is 0 Å². The van der Waals surface area contributed by atoms with Crippen molar-refractivity contribution in [3.63, 3.8) is 0 Å². The minimum atomic E-state index is 0.372. The molecule has 0 spiro atoms. The summed E-state index contributed by atoms with van der Waals surface area (Å²) in [6.07, 6.45) is 2.16. The number of nitrogens with one attached hydrogen (secondary N) is 1. The molecule has 1 aliphatic heterocycles. The number of nitrogens with zero attached hydrogens (tertiary/aromatic N) is 2. The molecule has 1 N–H and O–H groups in total. The van der Waals surface area contributed by atoms with Crippen LogP contribution in [-0.4, -0.2) is 30.4 Å². The molecule has 0 amide bonds. The normalized spacial score (nSPS) is 23.8. The van der Waals surface area contributed by atoms with Gasteiger partial charge in [-0.05, 0) is 25.7 Å². The van der Waals surface area contributed by atoms with E-state index in [2.05, 4.69) is 5.18 Å². The summed E-state index contributed by atoms with van der Waals surface area (Å²) in [5, 5.41) is 10.3. The molecule has 4 nitrogen and oxygen atoms in total. The molecular formula is C8H15N3O. The van der Waals surface area contributed by atoms with E-state index >= 15 is 0 Å². The lowest BCUT2D eigenvalue weighted by Gasteiger charge is -2.32. The van der Waals surface area contributed by atoms with Gasteiger partial charge in [-0.3, -0.25) is 5.41 Å². The number of nitroso groups, excluding NO2 is 1. The predicted octanol–water partition coefficient (Wildman–Crippen LogP) is 1.46. The van der Waals surface area contributed by atoms with E-state index in [1.807, 2.05) is 4.90 Å². The number of hydrogen-bond donors (Lipinski definition) is 1. The molecule has 0 aliphatic carbocycles. The monoisotopic (exact) mass is 169 g/mol. The van der Waals surface area contributed by atoms with Gasteiger partial charge in [-0.1, -0.05) is 5.18 Å². The van der Waals surface area contributed by atoms with Crippen molar-refractivity contribution >= 4 is 5.84 Å². The topological polar surface area (TPSA) is 56.5 Å². The molecule has 1 atom stereocenters. The van der Waals surface area contributed by atoms with Gasteiger partial charge >= 0.3 is 0 Å². The fraction of sp³-hybridized carbons (Fsp3) is 0.875. The Hall–Kier alpha value is -0.930. The van der Waals surface area contributed by atoms with Crippen LogP contribution in [0.3, 0.4) is 0 Å². The molecule has 0 bridgehead atoms. The Morgan fingerprint density at radius 1 is 1.75 bits per heavy atom. The summed E-state index contributed by atoms with van der Waals surface area (Å²) < 4.78 is 0. The quantitative estimate of drug-likeness (QED) is 0.386. The Balaban J connectivity index is 2.39. The zero-order valence-electron chi connectivity index (χ0n) is 7.42. The van der Waals surface area contributed by atoms with Gasteiger partial charge in [0.1, 0.15) is 0 Å². The largest absolute Gasteiger partial charge is 0.360 e. The lowest BCUT2D eigenvalue weighted by Crippen LogP contribution is -2.39. The van der Waals surface area contributed by atoms with Crippen LogP contribution in [0.2, 0.25) is 0 Å². The van der Waals surface area contributed by atoms with E-state index in [-0.39, 0.29) is 0 Å². The summed E-state index contributed by atoms with van der Waals surface area (Å²) in [5.74, 6) is 0.974. The molecule has 0 radical (unpaired) electrons. The molecule has 12 heavy (non-hydrogen) atoms. The third-order valence-corrected chi connectivity index (χ3v) is 2.33. The van der Waals surface area contributed by atoms with E-state index < -0.39 is 0 Å². The van der Waals surface area contributed by atoms with Gasteiger partial charge in [0.05, 0.1) is 12.4 Å². The maximum Gasteiger partial charge on any atom is 0.0925 e. The van der Waals surface area contributed by atoms with E-state index in [4.69, 9.17) is 5.41 Å². The highest BCUT2D eigenvalue weighted by Gasteiger charge is 2.19. The van der Waals surface area contributed by atoms with Crippen molar-refractivity contribution in [3.8, 4) is 0 Å². The van der Waals surface area contributed by atoms with Crippen LogP contribution in [0, 0.1) is 16.2 Å². The molecule has 0 aromatic heterocycles. The second-order valence-corrected chi connectivity index (χ2v) is 3.35. The molecule has 0 aromatic carbocycles. The molecule has 1 saturated heterocycles. The minimum Gasteiger partial charge on any atom is -0.360 e. The van der Waals surface area contributed by atoms with Crippen molar-refractivity contribution in [2.75, 3.05) is 19.6 Å². The highest BCUT2D eigenvalue weighted by Crippen LogP contribution is 2.16. The van der Waals surface area contributed by atoms with Crippen LogP contribution in [0.4, 0.5) is 0 Å². The second kappa shape index (κ2) is 4.18. The summed E-state index contributed by atoms with van der Waals surface area (Å²) in [6, 6.07) is 0. The summed E-state index contributed by atoms with van der Waals surface area (Å²) in [6.45, 7) is 3.99. The number of likely N-dealkylation sites (tertiary alicyclic amines) is 1. The van der Waals surface area contributed by atoms with Crippen molar-refractivity contribution < 1.29 is 0 Å². The van der Waals surface area contributed by atoms with Crippen LogP contribution in [0.25, 0.3) is 0 Å². The van der Waals surface area contributed by atoms with E-state index in [1.54, 1.807) is 6.92 Å². The molecular weight excluding hydrogens is 154 g/mol. The maximum atomic E-state index is 10.0. The Morgan fingerprint density at radius 3 is 3.08 bits per heavy atom. The van der Waals surface area contributed by atoms with Crippen LogP contribution in [0.5, 0.6) is 0 Å². The zero-order valence-corrected chi connectivity index (χ0v) is 7.42. The van der Waals surface area contributed by atoms with Gasteiger partial charge in [-0.25, -0.2) is 0 Å². The number of piperidine rings is 1. The Bertz CT molecular complexity index is 181. The first kappa shape index (κ1) is 9.16. The fourth-order valence-electron chi connectivity index (χ4n) is 1.62. The molecule has 1 rings (SSSR count). The number of hydrogen-bond acceptors (Lipinski definition) is 3. The van der Waals surface area contributed by atoms with Crippen LogP contribution in [0.1, 0.15) is 19.8 Å². The van der Waals surface area contributed by atoms with Crippen LogP contribution < -0.4 is 0 Å². The first-order chi connectivity index (χ1) is 5.74. The predicted molar refractivity (Wildman–Crippen MR) is 48.4 cm³/mol. The highest BCUT2D eigenvalue weighted by atomic mass is 16.3. The van der Waals surface area contributed by atoms with Gasteiger partial charge in [0, 0.05) is 13.1 Å². The van der Waals surface area contributed by atoms with Crippen molar-refractivity contribution in [1.82, 2.24) is 4.90 Å². The molecule has 4 heteroatoms. The first-order valence-electron chi connectivity index (χ1n) is 4.33. The maximum absolute atomic E-state index is 10.0. The summed E-state index contributed by atoms with van der Waals surface area (Å²) in [4.78, 5) is 12.0. The van der Waals surface area contributed by atoms with Crippen molar-refractivity contribution in [3.05, 3.63) is 4.91 Å². The lowest BCUT2D eigenvalue weighted by atomic mass is 9.98. The van der Waals surface area contributed by atoms with Gasteiger partial charge in [0.25, 0.3) is 0 Å². The molecule has 0 aromatic rings. The Labute approximate surface area is 72.4 Å². The smallest absolute Gasteiger partial charge is 0.0925 e. The van der Waals surface area contributed by atoms with Gasteiger partial charge in [-0.2, -0.15) is 4.91 Å². The van der Waals surface area contributed by atoms with Crippen molar-refractivity contribution in [1.29, 1.82) is 5.41 Å². The third-order valence-electron chi connectivity index (χ3n) is 2.33. The van der Waals surface area contributed by atoms with E-state index in [0.717, 1.165) is 25.9 Å². The summed E-state index contributed by atoms with van der Waals surface area (Å²) in [5.41, 5.74) is 0. The van der Waals surface area contributed by atoms with E-state index in [0.29, 0.717) is 18.3 Å². The molecule has 1 aliphatic rings. The average Bonchev–Trinajstić information content (AvgIpc) is 2.05. The van der Waals surface area contributed by atoms with Crippen LogP contribution in [0.15, 0.2) is 5.18 Å². The van der Waals surface area contributed by atoms with Crippen molar-refractivity contribution in [2.45, 2.75) is 19.8 Å². The molecule has 1 unspecified atom stereocenters. The molecule has 1 fully saturated rings. The Morgan fingerprint density at radius 2 is 2.50 bits per heavy atom.